The second-order valence-electron chi connectivity index (χ2n) is 6.87. The number of unbranched alkanes of at least 4 members (excludes halogenated alkanes) is 9. The lowest BCUT2D eigenvalue weighted by atomic mass is 9.95. The number of hydrogen-bond acceptors (Lipinski definition) is 3. The molecule has 3 nitrogen and oxygen atoms in total. The molecule has 0 heterocycles. The van der Waals surface area contributed by atoms with Crippen molar-refractivity contribution >= 4 is 0 Å². The van der Waals surface area contributed by atoms with Gasteiger partial charge in [-0.2, -0.15) is 0 Å². The van der Waals surface area contributed by atoms with Crippen LogP contribution in [0.2, 0.25) is 0 Å². The van der Waals surface area contributed by atoms with E-state index >= 15 is 0 Å². The van der Waals surface area contributed by atoms with Crippen molar-refractivity contribution in [3.63, 3.8) is 0 Å². The molecule has 1 radical (unpaired) electrons. The summed E-state index contributed by atoms with van der Waals surface area (Å²) in [5, 5.41) is 0. The molecule has 23 heavy (non-hydrogen) atoms. The van der Waals surface area contributed by atoms with Gasteiger partial charge in [0.2, 0.25) is 0 Å². The van der Waals surface area contributed by atoms with Gasteiger partial charge < -0.3 is 4.74 Å². The van der Waals surface area contributed by atoms with Crippen LogP contribution in [0.25, 0.3) is 0 Å². The molecule has 0 aromatic heterocycles. The van der Waals surface area contributed by atoms with Crippen molar-refractivity contribution in [3.8, 4) is 0 Å². The van der Waals surface area contributed by atoms with E-state index in [9.17, 15) is 0 Å². The van der Waals surface area contributed by atoms with Gasteiger partial charge in [-0.05, 0) is 39.0 Å². The molecule has 137 valence electrons. The Morgan fingerprint density at radius 2 is 1.26 bits per heavy atom. The van der Waals surface area contributed by atoms with Crippen LogP contribution in [-0.4, -0.2) is 25.4 Å². The molecule has 3 heteroatoms. The number of ether oxygens (including phenoxy) is 1. The molecule has 1 saturated carbocycles. The van der Waals surface area contributed by atoms with Crippen LogP contribution in [0.3, 0.4) is 0 Å². The van der Waals surface area contributed by atoms with Crippen LogP contribution < -0.4 is 0 Å². The molecule has 0 atom stereocenters. The molecule has 0 spiro atoms. The highest BCUT2D eigenvalue weighted by Gasteiger charge is 2.22. The van der Waals surface area contributed by atoms with Crippen LogP contribution in [0.5, 0.6) is 0 Å². The van der Waals surface area contributed by atoms with Crippen molar-refractivity contribution in [2.75, 3.05) is 13.2 Å². The predicted molar refractivity (Wildman–Crippen MR) is 96.2 cm³/mol. The molecule has 0 aliphatic heterocycles. The van der Waals surface area contributed by atoms with E-state index in [4.69, 9.17) is 14.5 Å². The lowest BCUT2D eigenvalue weighted by Gasteiger charge is -2.27. The summed E-state index contributed by atoms with van der Waals surface area (Å²) in [5.41, 5.74) is 0. The van der Waals surface area contributed by atoms with Crippen LogP contribution in [0.1, 0.15) is 96.8 Å². The minimum atomic E-state index is 0.244. The number of hydrogen-bond donors (Lipinski definition) is 0. The quantitative estimate of drug-likeness (QED) is 0.209. The van der Waals surface area contributed by atoms with Gasteiger partial charge in [-0.25, -0.2) is 9.78 Å². The Bertz CT molecular complexity index is 237. The van der Waals surface area contributed by atoms with Crippen molar-refractivity contribution in [1.82, 2.24) is 0 Å². The normalized spacial score (nSPS) is 21.7. The zero-order valence-corrected chi connectivity index (χ0v) is 15.4. The van der Waals surface area contributed by atoms with Gasteiger partial charge >= 0.3 is 0 Å². The van der Waals surface area contributed by atoms with Crippen molar-refractivity contribution in [2.24, 2.45) is 0 Å². The summed E-state index contributed by atoms with van der Waals surface area (Å²) < 4.78 is 6.00. The largest absolute Gasteiger partial charge is 0.378 e. The van der Waals surface area contributed by atoms with Crippen molar-refractivity contribution in [1.29, 1.82) is 0 Å². The highest BCUT2D eigenvalue weighted by atomic mass is 17.2. The Hall–Kier alpha value is -0.120. The van der Waals surface area contributed by atoms with E-state index in [1.54, 1.807) is 0 Å². The van der Waals surface area contributed by atoms with Crippen LogP contribution in [0.15, 0.2) is 0 Å². The molecular weight excluding hydrogens is 288 g/mol. The summed E-state index contributed by atoms with van der Waals surface area (Å²) >= 11 is 0. The Morgan fingerprint density at radius 3 is 1.83 bits per heavy atom. The lowest BCUT2D eigenvalue weighted by Crippen LogP contribution is -2.26. The van der Waals surface area contributed by atoms with Crippen LogP contribution >= 0.6 is 0 Å². The molecule has 0 amide bonds. The average Bonchev–Trinajstić information content (AvgIpc) is 2.59. The Kier molecular flexibility index (Phi) is 14.0. The van der Waals surface area contributed by atoms with E-state index in [1.807, 2.05) is 0 Å². The molecule has 0 bridgehead atoms. The molecule has 1 aliphatic carbocycles. The first-order chi connectivity index (χ1) is 11.4. The monoisotopic (exact) mass is 327 g/mol. The summed E-state index contributed by atoms with van der Waals surface area (Å²) in [7, 11) is 0. The molecule has 1 fully saturated rings. The topological polar surface area (TPSA) is 27.7 Å². The summed E-state index contributed by atoms with van der Waals surface area (Å²) in [5.74, 6) is 0. The summed E-state index contributed by atoms with van der Waals surface area (Å²) in [6.45, 7) is 7.20. The van der Waals surface area contributed by atoms with E-state index in [0.717, 1.165) is 32.3 Å². The summed E-state index contributed by atoms with van der Waals surface area (Å²) in [6.07, 6.45) is 18.8. The maximum Gasteiger partial charge on any atom is 0.0931 e. The van der Waals surface area contributed by atoms with E-state index < -0.39 is 0 Å². The fourth-order valence-corrected chi connectivity index (χ4v) is 3.28. The molecule has 0 aromatic rings. The van der Waals surface area contributed by atoms with Crippen molar-refractivity contribution in [2.45, 2.75) is 109 Å². The fourth-order valence-electron chi connectivity index (χ4n) is 3.28. The van der Waals surface area contributed by atoms with Crippen molar-refractivity contribution < 1.29 is 14.5 Å². The van der Waals surface area contributed by atoms with E-state index in [0.29, 0.717) is 12.7 Å². The smallest absolute Gasteiger partial charge is 0.0931 e. The second-order valence-corrected chi connectivity index (χ2v) is 6.87. The maximum absolute atomic E-state index is 6.00. The molecule has 0 N–H and O–H groups in total. The van der Waals surface area contributed by atoms with Crippen LogP contribution in [0.4, 0.5) is 0 Å². The minimum Gasteiger partial charge on any atom is -0.378 e. The van der Waals surface area contributed by atoms with Gasteiger partial charge in [0.15, 0.2) is 0 Å². The molecule has 0 unspecified atom stereocenters. The highest BCUT2D eigenvalue weighted by Crippen LogP contribution is 2.24. The van der Waals surface area contributed by atoms with Crippen LogP contribution in [-0.2, 0) is 14.5 Å². The maximum atomic E-state index is 6.00. The van der Waals surface area contributed by atoms with Gasteiger partial charge in [0.25, 0.3) is 0 Å². The van der Waals surface area contributed by atoms with E-state index in [-0.39, 0.29) is 6.10 Å². The van der Waals surface area contributed by atoms with Gasteiger partial charge in [0.1, 0.15) is 0 Å². The lowest BCUT2D eigenvalue weighted by molar-refractivity contribution is -0.323. The Morgan fingerprint density at radius 1 is 0.739 bits per heavy atom. The van der Waals surface area contributed by atoms with Gasteiger partial charge in [-0.1, -0.05) is 64.7 Å². The first kappa shape index (κ1) is 20.9. The molecule has 1 aliphatic rings. The van der Waals surface area contributed by atoms with Crippen LogP contribution in [0, 0.1) is 6.92 Å². The molecule has 0 aromatic carbocycles. The van der Waals surface area contributed by atoms with Gasteiger partial charge in [0.05, 0.1) is 18.8 Å². The third kappa shape index (κ3) is 12.0. The Balaban J connectivity index is 1.80. The van der Waals surface area contributed by atoms with E-state index in [1.165, 1.54) is 64.2 Å². The van der Waals surface area contributed by atoms with Gasteiger partial charge in [0, 0.05) is 6.61 Å². The number of rotatable bonds is 15. The SMILES string of the molecule is [CH2]COOC1CCC(OCCCCCCCCCCCC)CC1. The second kappa shape index (κ2) is 15.4. The van der Waals surface area contributed by atoms with Gasteiger partial charge in [-0.15, -0.1) is 0 Å². The summed E-state index contributed by atoms with van der Waals surface area (Å²) in [4.78, 5) is 10.2. The molecular formula is C20H39O3. The first-order valence-corrected chi connectivity index (χ1v) is 10.1. The zero-order chi connectivity index (χ0) is 16.6. The molecule has 1 rings (SSSR count). The fraction of sp³-hybridized carbons (Fsp3) is 0.950. The average molecular weight is 328 g/mol. The highest BCUT2D eigenvalue weighted by molar-refractivity contribution is 4.72. The van der Waals surface area contributed by atoms with E-state index in [2.05, 4.69) is 13.8 Å². The Labute approximate surface area is 144 Å². The third-order valence-electron chi connectivity index (χ3n) is 4.76. The zero-order valence-electron chi connectivity index (χ0n) is 15.4. The standard InChI is InChI=1S/C20H39O3/c1-3-5-6-7-8-9-10-11-12-13-18-21-19-14-16-20(17-15-19)23-22-4-2/h19-20H,2-18H2,1H3. The molecule has 0 saturated heterocycles. The van der Waals surface area contributed by atoms with Gasteiger partial charge in [-0.3, -0.25) is 0 Å². The summed E-state index contributed by atoms with van der Waals surface area (Å²) in [6, 6.07) is 0. The first-order valence-electron chi connectivity index (χ1n) is 10.1. The predicted octanol–water partition coefficient (Wildman–Crippen LogP) is 6.02. The third-order valence-corrected chi connectivity index (χ3v) is 4.76. The minimum absolute atomic E-state index is 0.244. The van der Waals surface area contributed by atoms with Crippen molar-refractivity contribution in [3.05, 3.63) is 6.92 Å².